The second kappa shape index (κ2) is 4.82. The van der Waals surface area contributed by atoms with Gasteiger partial charge in [0.1, 0.15) is 5.76 Å². The highest BCUT2D eigenvalue weighted by Crippen LogP contribution is 2.46. The zero-order valence-electron chi connectivity index (χ0n) is 9.93. The highest BCUT2D eigenvalue weighted by Gasteiger charge is 2.54. The van der Waals surface area contributed by atoms with Gasteiger partial charge >= 0.3 is 0 Å². The molecule has 0 aromatic heterocycles. The van der Waals surface area contributed by atoms with E-state index >= 15 is 0 Å². The van der Waals surface area contributed by atoms with Crippen molar-refractivity contribution < 1.29 is 14.7 Å². The van der Waals surface area contributed by atoms with Gasteiger partial charge in [0.15, 0.2) is 16.6 Å². The van der Waals surface area contributed by atoms with Gasteiger partial charge in [-0.05, 0) is 0 Å². The summed E-state index contributed by atoms with van der Waals surface area (Å²) in [6.07, 6.45) is 0. The zero-order chi connectivity index (χ0) is 15.1. The maximum atomic E-state index is 12.5. The van der Waals surface area contributed by atoms with Gasteiger partial charge in [0, 0.05) is 11.1 Å². The molecular formula is C13H8Cl2N2O3. The predicted molar refractivity (Wildman–Crippen MR) is 73.1 cm³/mol. The summed E-state index contributed by atoms with van der Waals surface area (Å²) in [6, 6.07) is 7.63. The second-order valence-corrected chi connectivity index (χ2v) is 5.19. The number of primary amides is 1. The minimum absolute atomic E-state index is 0.0749. The molecule has 0 fully saturated rings. The monoisotopic (exact) mass is 310 g/mol. The van der Waals surface area contributed by atoms with Crippen LogP contribution in [0.1, 0.15) is 15.9 Å². The first kappa shape index (κ1) is 14.4. The number of benzene rings is 1. The average Bonchev–Trinajstić information content (AvgIpc) is 2.43. The molecule has 0 heterocycles. The van der Waals surface area contributed by atoms with Crippen LogP contribution in [0.15, 0.2) is 29.3 Å². The summed E-state index contributed by atoms with van der Waals surface area (Å²) in [4.78, 5) is 21.6. The molecule has 1 aromatic carbocycles. The molecule has 1 aromatic rings. The number of alkyl halides is 1. The summed E-state index contributed by atoms with van der Waals surface area (Å²) in [6.45, 7) is 0. The Morgan fingerprint density at radius 3 is 2.45 bits per heavy atom. The molecule has 0 saturated carbocycles. The third-order valence-corrected chi connectivity index (χ3v) is 4.25. The van der Waals surface area contributed by atoms with Gasteiger partial charge in [-0.15, -0.1) is 11.6 Å². The third kappa shape index (κ3) is 1.77. The Balaban J connectivity index is 2.76. The lowest BCUT2D eigenvalue weighted by Gasteiger charge is -2.32. The van der Waals surface area contributed by atoms with Crippen LogP contribution in [0.3, 0.4) is 0 Å². The minimum Gasteiger partial charge on any atom is -0.506 e. The molecular weight excluding hydrogens is 303 g/mol. The second-order valence-electron chi connectivity index (χ2n) is 4.21. The van der Waals surface area contributed by atoms with Crippen LogP contribution in [0.2, 0.25) is 0 Å². The van der Waals surface area contributed by atoms with Gasteiger partial charge in [-0.1, -0.05) is 35.9 Å². The molecule has 1 amide bonds. The normalized spacial score (nSPS) is 22.9. The number of hydrogen-bond acceptors (Lipinski definition) is 4. The lowest BCUT2D eigenvalue weighted by Crippen LogP contribution is -2.48. The number of nitrogens with two attached hydrogens (primary N) is 1. The van der Waals surface area contributed by atoms with Gasteiger partial charge in [0.05, 0.1) is 11.1 Å². The number of allylic oxidation sites excluding steroid dienone is 1. The van der Waals surface area contributed by atoms with E-state index in [4.69, 9.17) is 34.2 Å². The van der Waals surface area contributed by atoms with Crippen LogP contribution in [-0.2, 0) is 4.79 Å². The Morgan fingerprint density at radius 2 is 1.95 bits per heavy atom. The topological polar surface area (TPSA) is 104 Å². The molecule has 0 spiro atoms. The van der Waals surface area contributed by atoms with Crippen LogP contribution in [0.5, 0.6) is 0 Å². The van der Waals surface area contributed by atoms with Gasteiger partial charge < -0.3 is 10.8 Å². The standard InChI is InChI=1S/C13H8Cl2N2O3/c14-10-9(18)6-3-1-2-4-7(6)11(19)13(10,15)8(5-16)12(17)20/h1-4,8,18H,(H2,17,20). The fourth-order valence-electron chi connectivity index (χ4n) is 2.08. The molecule has 7 heteroatoms. The summed E-state index contributed by atoms with van der Waals surface area (Å²) in [5.41, 5.74) is 5.36. The Labute approximate surface area is 124 Å². The number of amides is 1. The maximum Gasteiger partial charge on any atom is 0.237 e. The molecule has 1 aliphatic carbocycles. The lowest BCUT2D eigenvalue weighted by atomic mass is 9.78. The van der Waals surface area contributed by atoms with E-state index in [0.717, 1.165) is 0 Å². The van der Waals surface area contributed by atoms with Crippen molar-refractivity contribution in [1.82, 2.24) is 0 Å². The third-order valence-electron chi connectivity index (χ3n) is 3.10. The lowest BCUT2D eigenvalue weighted by molar-refractivity contribution is -0.120. The van der Waals surface area contributed by atoms with Crippen molar-refractivity contribution in [1.29, 1.82) is 5.26 Å². The van der Waals surface area contributed by atoms with E-state index < -0.39 is 33.3 Å². The molecule has 0 radical (unpaired) electrons. The number of rotatable bonds is 2. The Hall–Kier alpha value is -2.03. The summed E-state index contributed by atoms with van der Waals surface area (Å²) in [7, 11) is 0. The van der Waals surface area contributed by atoms with Crippen LogP contribution in [0, 0.1) is 17.2 Å². The zero-order valence-corrected chi connectivity index (χ0v) is 11.4. The molecule has 0 saturated heterocycles. The van der Waals surface area contributed by atoms with E-state index in [1.165, 1.54) is 12.1 Å². The van der Waals surface area contributed by atoms with Crippen molar-refractivity contribution in [3.05, 3.63) is 40.4 Å². The summed E-state index contributed by atoms with van der Waals surface area (Å²) in [5, 5.41) is 18.6. The molecule has 5 nitrogen and oxygen atoms in total. The number of nitrogens with zero attached hydrogens (tertiary/aromatic N) is 1. The highest BCUT2D eigenvalue weighted by molar-refractivity contribution is 6.52. The fourth-order valence-corrected chi connectivity index (χ4v) is 2.72. The van der Waals surface area contributed by atoms with Gasteiger partial charge in [-0.3, -0.25) is 9.59 Å². The number of fused-ring (bicyclic) bond motifs is 1. The van der Waals surface area contributed by atoms with Crippen LogP contribution >= 0.6 is 23.2 Å². The summed E-state index contributed by atoms with van der Waals surface area (Å²) >= 11 is 12.1. The van der Waals surface area contributed by atoms with Gasteiger partial charge in [0.2, 0.25) is 5.91 Å². The number of aliphatic hydroxyl groups is 1. The van der Waals surface area contributed by atoms with E-state index in [1.807, 2.05) is 0 Å². The van der Waals surface area contributed by atoms with Crippen molar-refractivity contribution in [2.45, 2.75) is 4.87 Å². The van der Waals surface area contributed by atoms with Crippen molar-refractivity contribution in [2.75, 3.05) is 0 Å². The smallest absolute Gasteiger partial charge is 0.237 e. The van der Waals surface area contributed by atoms with Crippen molar-refractivity contribution >= 4 is 40.7 Å². The molecule has 2 atom stereocenters. The number of ketones is 1. The predicted octanol–water partition coefficient (Wildman–Crippen LogP) is 1.95. The molecule has 20 heavy (non-hydrogen) atoms. The summed E-state index contributed by atoms with van der Waals surface area (Å²) in [5.74, 6) is -3.98. The molecule has 0 aliphatic heterocycles. The number of carbonyl (C=O) groups excluding carboxylic acids is 2. The Kier molecular flexibility index (Phi) is 3.46. The highest BCUT2D eigenvalue weighted by atomic mass is 35.5. The largest absolute Gasteiger partial charge is 0.506 e. The number of aliphatic hydroxyl groups excluding tert-OH is 1. The number of hydrogen-bond donors (Lipinski definition) is 2. The van der Waals surface area contributed by atoms with Crippen molar-refractivity contribution in [3.8, 4) is 6.07 Å². The maximum absolute atomic E-state index is 12.5. The molecule has 102 valence electrons. The first-order valence-electron chi connectivity index (χ1n) is 5.47. The van der Waals surface area contributed by atoms with Crippen LogP contribution in [-0.4, -0.2) is 21.7 Å². The number of Topliss-reactive ketones (excluding diaryl/α,β-unsaturated/α-hetero) is 1. The quantitative estimate of drug-likeness (QED) is 0.814. The van der Waals surface area contributed by atoms with E-state index in [0.29, 0.717) is 0 Å². The van der Waals surface area contributed by atoms with Crippen molar-refractivity contribution in [3.63, 3.8) is 0 Å². The first-order valence-corrected chi connectivity index (χ1v) is 6.22. The van der Waals surface area contributed by atoms with Gasteiger partial charge in [-0.2, -0.15) is 5.26 Å². The van der Waals surface area contributed by atoms with E-state index in [-0.39, 0.29) is 11.1 Å². The van der Waals surface area contributed by atoms with Crippen molar-refractivity contribution in [2.24, 2.45) is 11.7 Å². The molecule has 1 aliphatic rings. The first-order chi connectivity index (χ1) is 9.35. The molecule has 0 bridgehead atoms. The molecule has 2 unspecified atom stereocenters. The Bertz CT molecular complexity index is 693. The van der Waals surface area contributed by atoms with Crippen LogP contribution in [0.25, 0.3) is 5.76 Å². The molecule has 3 N–H and O–H groups in total. The number of nitriles is 1. The number of halogens is 2. The van der Waals surface area contributed by atoms with Gasteiger partial charge in [0.25, 0.3) is 0 Å². The van der Waals surface area contributed by atoms with E-state index in [2.05, 4.69) is 0 Å². The fraction of sp³-hybridized carbons (Fsp3) is 0.154. The van der Waals surface area contributed by atoms with E-state index in [9.17, 15) is 14.7 Å². The SMILES string of the molecule is N#CC(C(N)=O)C1(Cl)C(=O)c2ccccc2C(O)=C1Cl. The number of carbonyl (C=O) groups is 2. The Morgan fingerprint density at radius 1 is 1.40 bits per heavy atom. The summed E-state index contributed by atoms with van der Waals surface area (Å²) < 4.78 is 0. The van der Waals surface area contributed by atoms with Crippen LogP contribution in [0.4, 0.5) is 0 Å². The molecule has 2 rings (SSSR count). The average molecular weight is 311 g/mol. The van der Waals surface area contributed by atoms with Gasteiger partial charge in [-0.25, -0.2) is 0 Å². The minimum atomic E-state index is -2.21. The van der Waals surface area contributed by atoms with Crippen LogP contribution < -0.4 is 5.73 Å². The van der Waals surface area contributed by atoms with E-state index in [1.54, 1.807) is 18.2 Å².